The van der Waals surface area contributed by atoms with Crippen molar-refractivity contribution in [3.8, 4) is 6.07 Å². The molecule has 0 bridgehead atoms. The van der Waals surface area contributed by atoms with E-state index < -0.39 is 5.97 Å². The van der Waals surface area contributed by atoms with Crippen LogP contribution in [0.5, 0.6) is 0 Å². The monoisotopic (exact) mass is 530 g/mol. The second kappa shape index (κ2) is 10.2. The van der Waals surface area contributed by atoms with Crippen molar-refractivity contribution in [1.82, 2.24) is 4.40 Å². The summed E-state index contributed by atoms with van der Waals surface area (Å²) in [5, 5.41) is 10.6. The van der Waals surface area contributed by atoms with Crippen LogP contribution < -0.4 is 0 Å². The zero-order valence-electron chi connectivity index (χ0n) is 19.2. The number of thiophene rings is 1. The molecule has 5 nitrogen and oxygen atoms in total. The van der Waals surface area contributed by atoms with Crippen LogP contribution >= 0.6 is 34.7 Å². The van der Waals surface area contributed by atoms with Crippen molar-refractivity contribution in [2.45, 2.75) is 16.9 Å². The first-order valence-corrected chi connectivity index (χ1v) is 13.3. The number of carbonyl (C=O) groups excluding carboxylic acids is 2. The van der Waals surface area contributed by atoms with Crippen LogP contribution in [0.4, 0.5) is 0 Å². The van der Waals surface area contributed by atoms with E-state index in [1.54, 1.807) is 49.0 Å². The molecule has 0 saturated heterocycles. The number of rotatable bonds is 7. The van der Waals surface area contributed by atoms with Gasteiger partial charge >= 0.3 is 5.97 Å². The largest absolute Gasteiger partial charge is 0.462 e. The van der Waals surface area contributed by atoms with Gasteiger partial charge in [0.25, 0.3) is 0 Å². The normalized spacial score (nSPS) is 11.0. The fraction of sp³-hybridized carbons (Fsp3) is 0.107. The Bertz CT molecular complexity index is 1660. The van der Waals surface area contributed by atoms with Gasteiger partial charge in [-0.1, -0.05) is 35.9 Å². The Morgan fingerprint density at radius 3 is 2.58 bits per heavy atom. The molecule has 178 valence electrons. The number of esters is 1. The van der Waals surface area contributed by atoms with Crippen molar-refractivity contribution < 1.29 is 14.3 Å². The summed E-state index contributed by atoms with van der Waals surface area (Å²) in [6.07, 6.45) is 1.89. The predicted molar refractivity (Wildman–Crippen MR) is 144 cm³/mol. The van der Waals surface area contributed by atoms with Crippen molar-refractivity contribution in [2.24, 2.45) is 0 Å². The zero-order chi connectivity index (χ0) is 25.2. The molecule has 0 spiro atoms. The van der Waals surface area contributed by atoms with Crippen molar-refractivity contribution in [3.63, 3.8) is 0 Å². The number of pyridine rings is 1. The molecular formula is C28H19ClN2O3S2. The summed E-state index contributed by atoms with van der Waals surface area (Å²) >= 11 is 8.94. The summed E-state index contributed by atoms with van der Waals surface area (Å²) in [4.78, 5) is 27.3. The molecule has 0 fully saturated rings. The molecule has 0 unspecified atom stereocenters. The quantitative estimate of drug-likeness (QED) is 0.125. The number of hydrogen-bond acceptors (Lipinski definition) is 6. The molecular weight excluding hydrogens is 512 g/mol. The lowest BCUT2D eigenvalue weighted by Crippen LogP contribution is -2.06. The highest BCUT2D eigenvalue weighted by Gasteiger charge is 2.29. The van der Waals surface area contributed by atoms with E-state index >= 15 is 0 Å². The molecule has 3 heterocycles. The summed E-state index contributed by atoms with van der Waals surface area (Å²) in [6, 6.07) is 22.0. The number of hydrogen-bond donors (Lipinski definition) is 0. The first kappa shape index (κ1) is 24.1. The van der Waals surface area contributed by atoms with E-state index in [0.717, 1.165) is 15.3 Å². The van der Waals surface area contributed by atoms with Gasteiger partial charge in [0.2, 0.25) is 5.78 Å². The number of nitrogens with zero attached hydrogens (tertiary/aromatic N) is 2. The summed E-state index contributed by atoms with van der Waals surface area (Å²) in [5.41, 5.74) is 3.85. The molecule has 0 saturated carbocycles. The van der Waals surface area contributed by atoms with Crippen LogP contribution in [0, 0.1) is 11.3 Å². The van der Waals surface area contributed by atoms with E-state index in [1.165, 1.54) is 11.3 Å². The van der Waals surface area contributed by atoms with E-state index in [4.69, 9.17) is 16.3 Å². The smallest absolute Gasteiger partial charge is 0.341 e. The van der Waals surface area contributed by atoms with Crippen LogP contribution in [-0.4, -0.2) is 22.8 Å². The molecule has 5 rings (SSSR count). The van der Waals surface area contributed by atoms with Gasteiger partial charge in [0.15, 0.2) is 0 Å². The van der Waals surface area contributed by atoms with Gasteiger partial charge in [-0.05, 0) is 55.0 Å². The summed E-state index contributed by atoms with van der Waals surface area (Å²) in [7, 11) is 0. The maximum Gasteiger partial charge on any atom is 0.341 e. The minimum Gasteiger partial charge on any atom is -0.462 e. The lowest BCUT2D eigenvalue weighted by atomic mass is 10.1. The van der Waals surface area contributed by atoms with E-state index in [-0.39, 0.29) is 12.4 Å². The highest BCUT2D eigenvalue weighted by molar-refractivity contribution is 8.00. The Hall–Kier alpha value is -3.57. The topological polar surface area (TPSA) is 71.6 Å². The third kappa shape index (κ3) is 4.28. The molecule has 36 heavy (non-hydrogen) atoms. The highest BCUT2D eigenvalue weighted by Crippen LogP contribution is 2.44. The Morgan fingerprint density at radius 1 is 1.08 bits per heavy atom. The summed E-state index contributed by atoms with van der Waals surface area (Å²) in [6.45, 7) is 1.98. The van der Waals surface area contributed by atoms with E-state index in [9.17, 15) is 14.9 Å². The fourth-order valence-electron chi connectivity index (χ4n) is 4.12. The predicted octanol–water partition coefficient (Wildman–Crippen LogP) is 7.38. The average Bonchev–Trinajstić information content (AvgIpc) is 3.43. The summed E-state index contributed by atoms with van der Waals surface area (Å²) in [5.74, 6) is -0.110. The van der Waals surface area contributed by atoms with Crippen molar-refractivity contribution in [2.75, 3.05) is 6.61 Å². The first-order chi connectivity index (χ1) is 17.5. The molecule has 0 aliphatic rings. The molecule has 0 N–H and O–H groups in total. The Balaban J connectivity index is 1.73. The van der Waals surface area contributed by atoms with Gasteiger partial charge < -0.3 is 9.14 Å². The molecule has 3 aromatic heterocycles. The van der Waals surface area contributed by atoms with E-state index in [0.29, 0.717) is 43.2 Å². The maximum atomic E-state index is 13.7. The van der Waals surface area contributed by atoms with E-state index in [1.807, 2.05) is 47.0 Å². The van der Waals surface area contributed by atoms with Crippen LogP contribution in [0.15, 0.2) is 77.1 Å². The third-order valence-corrected chi connectivity index (χ3v) is 8.49. The Labute approximate surface area is 220 Å². The molecule has 8 heteroatoms. The number of thioether (sulfide) groups is 1. The van der Waals surface area contributed by atoms with Crippen LogP contribution in [0.2, 0.25) is 5.02 Å². The standard InChI is InChI=1S/C28H19ClN2O3S2/c1-2-34-27(33)22-21-9-5-6-14-31(21)24-23(22)26(25(32)17-10-12-20(29)13-11-17)36-28(24)35-16-19-8-4-3-7-18(19)15-30/h3-14H,2,16H2,1H3. The number of benzene rings is 2. The SMILES string of the molecule is CCOC(=O)c1c2c(C(=O)c3ccc(Cl)cc3)sc(SCc3ccccc3C#N)c2n2ccccc12. The minimum atomic E-state index is -0.467. The van der Waals surface area contributed by atoms with Gasteiger partial charge in [-0.25, -0.2) is 4.79 Å². The van der Waals surface area contributed by atoms with Crippen LogP contribution in [0.25, 0.3) is 16.4 Å². The second-order valence-electron chi connectivity index (χ2n) is 7.89. The lowest BCUT2D eigenvalue weighted by Gasteiger charge is -2.05. The van der Waals surface area contributed by atoms with Gasteiger partial charge in [0.05, 0.1) is 43.9 Å². The van der Waals surface area contributed by atoms with Gasteiger partial charge in [0, 0.05) is 27.9 Å². The summed E-state index contributed by atoms with van der Waals surface area (Å²) < 4.78 is 8.23. The average molecular weight is 531 g/mol. The number of fused-ring (bicyclic) bond motifs is 3. The van der Waals surface area contributed by atoms with Gasteiger partial charge in [-0.15, -0.1) is 23.1 Å². The van der Waals surface area contributed by atoms with Gasteiger partial charge in [-0.2, -0.15) is 5.26 Å². The van der Waals surface area contributed by atoms with Gasteiger partial charge in [0.1, 0.15) is 0 Å². The van der Waals surface area contributed by atoms with Crippen LogP contribution in [0.3, 0.4) is 0 Å². The number of aromatic nitrogens is 1. The molecule has 0 aliphatic heterocycles. The molecule has 0 radical (unpaired) electrons. The molecule has 5 aromatic rings. The first-order valence-electron chi connectivity index (χ1n) is 11.2. The van der Waals surface area contributed by atoms with Crippen molar-refractivity contribution >= 4 is 62.9 Å². The lowest BCUT2D eigenvalue weighted by molar-refractivity contribution is 0.0531. The molecule has 0 aliphatic carbocycles. The minimum absolute atomic E-state index is 0.188. The maximum absolute atomic E-state index is 13.7. The Kier molecular flexibility index (Phi) is 6.84. The number of ketones is 1. The molecule has 0 amide bonds. The number of halogens is 1. The number of nitriles is 1. The molecule has 2 aromatic carbocycles. The number of ether oxygens (including phenoxy) is 1. The second-order valence-corrected chi connectivity index (χ2v) is 10.6. The number of carbonyl (C=O) groups is 2. The van der Waals surface area contributed by atoms with Crippen LogP contribution in [-0.2, 0) is 10.5 Å². The highest BCUT2D eigenvalue weighted by atomic mass is 35.5. The zero-order valence-corrected chi connectivity index (χ0v) is 21.5. The Morgan fingerprint density at radius 2 is 1.83 bits per heavy atom. The van der Waals surface area contributed by atoms with Crippen LogP contribution in [0.1, 0.15) is 43.6 Å². The van der Waals surface area contributed by atoms with E-state index in [2.05, 4.69) is 6.07 Å². The molecule has 0 atom stereocenters. The van der Waals surface area contributed by atoms with Crippen molar-refractivity contribution in [1.29, 1.82) is 5.26 Å². The fourth-order valence-corrected chi connectivity index (χ4v) is 6.78. The van der Waals surface area contributed by atoms with Gasteiger partial charge in [-0.3, -0.25) is 4.79 Å². The van der Waals surface area contributed by atoms with Crippen molar-refractivity contribution in [3.05, 3.63) is 105 Å². The third-order valence-electron chi connectivity index (χ3n) is 5.75.